The lowest BCUT2D eigenvalue weighted by molar-refractivity contribution is 0.0204. The van der Waals surface area contributed by atoms with E-state index in [2.05, 4.69) is 0 Å². The molecule has 3 rings (SSSR count). The summed E-state index contributed by atoms with van der Waals surface area (Å²) < 4.78 is 25.0. The quantitative estimate of drug-likeness (QED) is 0.783. The van der Waals surface area contributed by atoms with Crippen molar-refractivity contribution in [1.29, 1.82) is 0 Å². The summed E-state index contributed by atoms with van der Waals surface area (Å²) in [5.74, 6) is -0.253. The molecule has 0 spiro atoms. The van der Waals surface area contributed by atoms with Gasteiger partial charge in [0.25, 0.3) is 0 Å². The van der Waals surface area contributed by atoms with Crippen LogP contribution in [-0.4, -0.2) is 35.3 Å². The van der Waals surface area contributed by atoms with E-state index in [4.69, 9.17) is 9.47 Å². The summed E-state index contributed by atoms with van der Waals surface area (Å²) in [5, 5.41) is 0. The van der Waals surface area contributed by atoms with Gasteiger partial charge in [0.2, 0.25) is 0 Å². The highest BCUT2D eigenvalue weighted by Crippen LogP contribution is 2.45. The minimum atomic E-state index is -0.514. The van der Waals surface area contributed by atoms with E-state index in [9.17, 15) is 9.18 Å². The third-order valence-corrected chi connectivity index (χ3v) is 4.04. The highest BCUT2D eigenvalue weighted by Gasteiger charge is 2.51. The van der Waals surface area contributed by atoms with E-state index in [-0.39, 0.29) is 30.2 Å². The van der Waals surface area contributed by atoms with Gasteiger partial charge in [-0.2, -0.15) is 0 Å². The SMILES string of the molecule is CC(C)(C)OC(=O)N1CCCC1[C@H]1O[C@@H]1c1ccccc1F. The van der Waals surface area contributed by atoms with Gasteiger partial charge in [0.1, 0.15) is 23.6 Å². The standard InChI is InChI=1S/C17H22FNO3/c1-17(2,3)22-16(20)19-10-6-9-13(19)15-14(21-15)11-7-4-5-8-12(11)18/h4-5,7-8,13-15H,6,9-10H2,1-3H3/t13?,14-,15-/m1/s1. The maximum absolute atomic E-state index is 13.8. The fourth-order valence-corrected chi connectivity index (χ4v) is 3.05. The van der Waals surface area contributed by atoms with Gasteiger partial charge in [-0.1, -0.05) is 18.2 Å². The summed E-state index contributed by atoms with van der Waals surface area (Å²) in [4.78, 5) is 14.0. The van der Waals surface area contributed by atoms with Crippen LogP contribution in [0.5, 0.6) is 0 Å². The zero-order valence-electron chi connectivity index (χ0n) is 13.2. The van der Waals surface area contributed by atoms with E-state index in [1.807, 2.05) is 20.8 Å². The Morgan fingerprint density at radius 3 is 2.77 bits per heavy atom. The number of ether oxygens (including phenoxy) is 2. The maximum atomic E-state index is 13.8. The average Bonchev–Trinajstić information content (AvgIpc) is 3.05. The number of hydrogen-bond acceptors (Lipinski definition) is 3. The van der Waals surface area contributed by atoms with Gasteiger partial charge in [-0.05, 0) is 39.7 Å². The summed E-state index contributed by atoms with van der Waals surface area (Å²) in [6.07, 6.45) is 1.10. The number of benzene rings is 1. The monoisotopic (exact) mass is 307 g/mol. The van der Waals surface area contributed by atoms with Gasteiger partial charge < -0.3 is 14.4 Å². The Morgan fingerprint density at radius 1 is 1.36 bits per heavy atom. The van der Waals surface area contributed by atoms with E-state index >= 15 is 0 Å². The molecule has 0 N–H and O–H groups in total. The summed E-state index contributed by atoms with van der Waals surface area (Å²) in [6.45, 7) is 6.23. The fraction of sp³-hybridized carbons (Fsp3) is 0.588. The molecule has 2 saturated heterocycles. The average molecular weight is 307 g/mol. The number of nitrogens with zero attached hydrogens (tertiary/aromatic N) is 1. The molecule has 2 fully saturated rings. The van der Waals surface area contributed by atoms with Crippen LogP contribution in [0.4, 0.5) is 9.18 Å². The van der Waals surface area contributed by atoms with Crippen molar-refractivity contribution >= 4 is 6.09 Å². The van der Waals surface area contributed by atoms with Crippen LogP contribution in [-0.2, 0) is 9.47 Å². The van der Waals surface area contributed by atoms with E-state index < -0.39 is 5.60 Å². The highest BCUT2D eigenvalue weighted by molar-refractivity contribution is 5.69. The molecule has 1 aromatic rings. The molecule has 120 valence electrons. The van der Waals surface area contributed by atoms with Crippen LogP contribution in [0.2, 0.25) is 0 Å². The Balaban J connectivity index is 1.68. The summed E-state index contributed by atoms with van der Waals surface area (Å²) in [5.41, 5.74) is 0.0584. The molecule has 1 unspecified atom stereocenters. The van der Waals surface area contributed by atoms with Crippen molar-refractivity contribution < 1.29 is 18.7 Å². The summed E-state index contributed by atoms with van der Waals surface area (Å²) in [6, 6.07) is 6.62. The normalized spacial score (nSPS) is 27.8. The molecule has 0 aromatic heterocycles. The summed E-state index contributed by atoms with van der Waals surface area (Å²) >= 11 is 0. The molecule has 2 aliphatic heterocycles. The number of carbonyl (C=O) groups excluding carboxylic acids is 1. The third kappa shape index (κ3) is 3.09. The highest BCUT2D eigenvalue weighted by atomic mass is 19.1. The van der Waals surface area contributed by atoms with Crippen molar-refractivity contribution in [1.82, 2.24) is 4.90 Å². The Morgan fingerprint density at radius 2 is 2.09 bits per heavy atom. The fourth-order valence-electron chi connectivity index (χ4n) is 3.05. The van der Waals surface area contributed by atoms with Crippen molar-refractivity contribution in [3.05, 3.63) is 35.6 Å². The lowest BCUT2D eigenvalue weighted by Crippen LogP contribution is -2.42. The lowest BCUT2D eigenvalue weighted by atomic mass is 10.0. The number of epoxide rings is 1. The van der Waals surface area contributed by atoms with Crippen LogP contribution in [0.1, 0.15) is 45.3 Å². The topological polar surface area (TPSA) is 42.1 Å². The molecule has 0 radical (unpaired) electrons. The molecule has 2 aliphatic rings. The Kier molecular flexibility index (Phi) is 3.85. The molecule has 0 bridgehead atoms. The smallest absolute Gasteiger partial charge is 0.410 e. The van der Waals surface area contributed by atoms with Gasteiger partial charge in [0, 0.05) is 12.1 Å². The first-order valence-corrected chi connectivity index (χ1v) is 7.76. The van der Waals surface area contributed by atoms with Gasteiger partial charge >= 0.3 is 6.09 Å². The zero-order chi connectivity index (χ0) is 15.9. The van der Waals surface area contributed by atoms with Gasteiger partial charge in [-0.15, -0.1) is 0 Å². The van der Waals surface area contributed by atoms with Gasteiger partial charge in [0.15, 0.2) is 0 Å². The minimum Gasteiger partial charge on any atom is -0.444 e. The predicted molar refractivity (Wildman–Crippen MR) is 80.0 cm³/mol. The predicted octanol–water partition coefficient (Wildman–Crippen LogP) is 3.67. The van der Waals surface area contributed by atoms with Crippen molar-refractivity contribution in [3.8, 4) is 0 Å². The van der Waals surface area contributed by atoms with Crippen molar-refractivity contribution in [2.24, 2.45) is 0 Å². The van der Waals surface area contributed by atoms with Crippen molar-refractivity contribution in [3.63, 3.8) is 0 Å². The number of rotatable bonds is 2. The Labute approximate surface area is 130 Å². The molecule has 1 aromatic carbocycles. The van der Waals surface area contributed by atoms with E-state index in [0.29, 0.717) is 12.1 Å². The molecule has 4 nitrogen and oxygen atoms in total. The first-order chi connectivity index (χ1) is 10.4. The second kappa shape index (κ2) is 5.54. The molecular weight excluding hydrogens is 285 g/mol. The second-order valence-electron chi connectivity index (χ2n) is 6.93. The first kappa shape index (κ1) is 15.3. The third-order valence-electron chi connectivity index (χ3n) is 4.04. The molecule has 0 saturated carbocycles. The minimum absolute atomic E-state index is 0.0283. The molecular formula is C17H22FNO3. The molecule has 2 heterocycles. The van der Waals surface area contributed by atoms with Crippen LogP contribution in [0, 0.1) is 5.82 Å². The number of carbonyl (C=O) groups is 1. The van der Waals surface area contributed by atoms with Gasteiger partial charge in [0.05, 0.1) is 6.04 Å². The van der Waals surface area contributed by atoms with Crippen LogP contribution in [0.25, 0.3) is 0 Å². The Hall–Kier alpha value is -1.62. The molecule has 0 aliphatic carbocycles. The Bertz CT molecular complexity index is 569. The molecule has 3 atom stereocenters. The largest absolute Gasteiger partial charge is 0.444 e. The number of likely N-dealkylation sites (tertiary alicyclic amines) is 1. The van der Waals surface area contributed by atoms with E-state index in [1.54, 1.807) is 23.1 Å². The van der Waals surface area contributed by atoms with Gasteiger partial charge in [-0.25, -0.2) is 9.18 Å². The van der Waals surface area contributed by atoms with Gasteiger partial charge in [-0.3, -0.25) is 0 Å². The number of hydrogen-bond donors (Lipinski definition) is 0. The first-order valence-electron chi connectivity index (χ1n) is 7.76. The number of halogens is 1. The van der Waals surface area contributed by atoms with Crippen molar-refractivity contribution in [2.75, 3.05) is 6.54 Å². The molecule has 22 heavy (non-hydrogen) atoms. The van der Waals surface area contributed by atoms with Crippen LogP contribution in [0.15, 0.2) is 24.3 Å². The van der Waals surface area contributed by atoms with E-state index in [0.717, 1.165) is 12.8 Å². The lowest BCUT2D eigenvalue weighted by Gasteiger charge is -2.28. The maximum Gasteiger partial charge on any atom is 0.410 e. The molecule has 5 heteroatoms. The second-order valence-corrected chi connectivity index (χ2v) is 6.93. The zero-order valence-corrected chi connectivity index (χ0v) is 13.2. The number of amides is 1. The van der Waals surface area contributed by atoms with Crippen LogP contribution in [0.3, 0.4) is 0 Å². The van der Waals surface area contributed by atoms with Crippen molar-refractivity contribution in [2.45, 2.75) is 57.5 Å². The molecule has 1 amide bonds. The van der Waals surface area contributed by atoms with Crippen LogP contribution < -0.4 is 0 Å². The van der Waals surface area contributed by atoms with Crippen LogP contribution >= 0.6 is 0 Å². The summed E-state index contributed by atoms with van der Waals surface area (Å²) in [7, 11) is 0. The van der Waals surface area contributed by atoms with E-state index in [1.165, 1.54) is 6.07 Å².